The Morgan fingerprint density at radius 3 is 3.09 bits per heavy atom. The fraction of sp³-hybridized carbons (Fsp3) is 0.562. The van der Waals surface area contributed by atoms with Crippen LogP contribution in [0.5, 0.6) is 0 Å². The first-order valence-electron chi connectivity index (χ1n) is 8.00. The molecule has 0 unspecified atom stereocenters. The molecule has 1 saturated heterocycles. The van der Waals surface area contributed by atoms with Crippen LogP contribution in [0, 0.1) is 0 Å². The number of aromatic nitrogens is 2. The van der Waals surface area contributed by atoms with Gasteiger partial charge in [0.15, 0.2) is 5.82 Å². The summed E-state index contributed by atoms with van der Waals surface area (Å²) in [6.07, 6.45) is 3.43. The molecule has 23 heavy (non-hydrogen) atoms. The van der Waals surface area contributed by atoms with E-state index >= 15 is 0 Å². The molecule has 1 fully saturated rings. The number of hydrogen-bond acceptors (Lipinski definition) is 6. The fourth-order valence-corrected chi connectivity index (χ4v) is 2.76. The summed E-state index contributed by atoms with van der Waals surface area (Å²) in [4.78, 5) is 18.9. The standard InChI is InChI=1S/C16H22N4O3/c1-11(2)15-18-14(23-19-15)10-20-7-3-6-13(20)16(21)17-9-12-5-4-8-22-12/h4-5,8,11,13H,3,6-7,9-10H2,1-2H3,(H,17,21)/t13-/m0/s1. The third-order valence-electron chi connectivity index (χ3n) is 4.02. The summed E-state index contributed by atoms with van der Waals surface area (Å²) in [6.45, 7) is 5.83. The van der Waals surface area contributed by atoms with Crippen molar-refractivity contribution in [2.24, 2.45) is 0 Å². The predicted octanol–water partition coefficient (Wildman–Crippen LogP) is 2.07. The Kier molecular flexibility index (Phi) is 4.76. The first-order valence-corrected chi connectivity index (χ1v) is 8.00. The van der Waals surface area contributed by atoms with E-state index in [0.29, 0.717) is 24.8 Å². The van der Waals surface area contributed by atoms with Gasteiger partial charge in [0.25, 0.3) is 0 Å². The van der Waals surface area contributed by atoms with Crippen molar-refractivity contribution in [1.82, 2.24) is 20.4 Å². The van der Waals surface area contributed by atoms with Crippen molar-refractivity contribution in [1.29, 1.82) is 0 Å². The number of carbonyl (C=O) groups is 1. The van der Waals surface area contributed by atoms with Gasteiger partial charge in [0.05, 0.1) is 25.4 Å². The summed E-state index contributed by atoms with van der Waals surface area (Å²) in [5.74, 6) is 2.28. The van der Waals surface area contributed by atoms with E-state index in [-0.39, 0.29) is 17.9 Å². The summed E-state index contributed by atoms with van der Waals surface area (Å²) >= 11 is 0. The monoisotopic (exact) mass is 318 g/mol. The van der Waals surface area contributed by atoms with Crippen LogP contribution in [0.4, 0.5) is 0 Å². The third kappa shape index (κ3) is 3.79. The molecule has 1 atom stereocenters. The van der Waals surface area contributed by atoms with Gasteiger partial charge >= 0.3 is 0 Å². The lowest BCUT2D eigenvalue weighted by atomic mass is 10.2. The largest absolute Gasteiger partial charge is 0.467 e. The summed E-state index contributed by atoms with van der Waals surface area (Å²) in [5.41, 5.74) is 0. The van der Waals surface area contributed by atoms with Crippen LogP contribution in [0.1, 0.15) is 50.1 Å². The molecular weight excluding hydrogens is 296 g/mol. The Balaban J connectivity index is 1.57. The number of likely N-dealkylation sites (tertiary alicyclic amines) is 1. The minimum absolute atomic E-state index is 0.0162. The second kappa shape index (κ2) is 6.95. The van der Waals surface area contributed by atoms with E-state index in [0.717, 1.165) is 25.1 Å². The zero-order valence-corrected chi connectivity index (χ0v) is 13.5. The van der Waals surface area contributed by atoms with Gasteiger partial charge in [-0.05, 0) is 31.5 Å². The molecule has 0 bridgehead atoms. The van der Waals surface area contributed by atoms with Crippen molar-refractivity contribution in [3.63, 3.8) is 0 Å². The minimum atomic E-state index is -0.153. The highest BCUT2D eigenvalue weighted by Crippen LogP contribution is 2.20. The smallest absolute Gasteiger partial charge is 0.240 e. The van der Waals surface area contributed by atoms with Gasteiger partial charge < -0.3 is 14.3 Å². The highest BCUT2D eigenvalue weighted by molar-refractivity contribution is 5.81. The molecule has 7 heteroatoms. The van der Waals surface area contributed by atoms with Crippen LogP contribution in [0.25, 0.3) is 0 Å². The van der Waals surface area contributed by atoms with Gasteiger partial charge in [0.1, 0.15) is 5.76 Å². The average Bonchev–Trinajstić information content (AvgIpc) is 3.27. The maximum Gasteiger partial charge on any atom is 0.240 e. The Bertz CT molecular complexity index is 636. The molecule has 2 aromatic rings. The molecule has 7 nitrogen and oxygen atoms in total. The van der Waals surface area contributed by atoms with Crippen molar-refractivity contribution in [2.45, 2.75) is 51.7 Å². The second-order valence-electron chi connectivity index (χ2n) is 6.13. The second-order valence-corrected chi connectivity index (χ2v) is 6.13. The van der Waals surface area contributed by atoms with E-state index in [1.807, 2.05) is 26.0 Å². The zero-order chi connectivity index (χ0) is 16.2. The van der Waals surface area contributed by atoms with Gasteiger partial charge in [-0.25, -0.2) is 0 Å². The quantitative estimate of drug-likeness (QED) is 0.877. The van der Waals surface area contributed by atoms with E-state index in [2.05, 4.69) is 20.4 Å². The normalized spacial score (nSPS) is 18.7. The number of hydrogen-bond donors (Lipinski definition) is 1. The molecule has 1 aliphatic heterocycles. The fourth-order valence-electron chi connectivity index (χ4n) is 2.76. The number of nitrogens with zero attached hydrogens (tertiary/aromatic N) is 3. The number of carbonyl (C=O) groups excluding carboxylic acids is 1. The molecule has 3 heterocycles. The van der Waals surface area contributed by atoms with Gasteiger partial charge in [-0.1, -0.05) is 19.0 Å². The van der Waals surface area contributed by atoms with Crippen LogP contribution in [-0.4, -0.2) is 33.5 Å². The number of furan rings is 1. The van der Waals surface area contributed by atoms with Gasteiger partial charge in [-0.15, -0.1) is 0 Å². The van der Waals surface area contributed by atoms with E-state index in [9.17, 15) is 4.79 Å². The zero-order valence-electron chi connectivity index (χ0n) is 13.5. The van der Waals surface area contributed by atoms with Gasteiger partial charge in [-0.3, -0.25) is 9.69 Å². The van der Waals surface area contributed by atoms with Crippen LogP contribution in [0.2, 0.25) is 0 Å². The summed E-state index contributed by atoms with van der Waals surface area (Å²) in [7, 11) is 0. The average molecular weight is 318 g/mol. The Morgan fingerprint density at radius 2 is 2.39 bits per heavy atom. The van der Waals surface area contributed by atoms with Crippen molar-refractivity contribution in [2.75, 3.05) is 6.54 Å². The number of nitrogens with one attached hydrogen (secondary N) is 1. The topological polar surface area (TPSA) is 84.4 Å². The van der Waals surface area contributed by atoms with Crippen LogP contribution in [0.15, 0.2) is 27.3 Å². The van der Waals surface area contributed by atoms with E-state index in [1.54, 1.807) is 6.26 Å². The van der Waals surface area contributed by atoms with Crippen molar-refractivity contribution in [3.8, 4) is 0 Å². The maximum absolute atomic E-state index is 12.4. The number of rotatable bonds is 6. The lowest BCUT2D eigenvalue weighted by Gasteiger charge is -2.21. The minimum Gasteiger partial charge on any atom is -0.467 e. The van der Waals surface area contributed by atoms with Gasteiger partial charge in [0.2, 0.25) is 11.8 Å². The van der Waals surface area contributed by atoms with Crippen LogP contribution in [0.3, 0.4) is 0 Å². The van der Waals surface area contributed by atoms with Gasteiger partial charge in [0, 0.05) is 5.92 Å². The highest BCUT2D eigenvalue weighted by Gasteiger charge is 2.31. The highest BCUT2D eigenvalue weighted by atomic mass is 16.5. The molecule has 0 aliphatic carbocycles. The van der Waals surface area contributed by atoms with Crippen molar-refractivity contribution in [3.05, 3.63) is 35.9 Å². The molecule has 1 N–H and O–H groups in total. The number of amides is 1. The van der Waals surface area contributed by atoms with Crippen LogP contribution < -0.4 is 5.32 Å². The molecule has 0 radical (unpaired) electrons. The predicted molar refractivity (Wildman–Crippen MR) is 82.4 cm³/mol. The van der Waals surface area contributed by atoms with Crippen molar-refractivity contribution < 1.29 is 13.7 Å². The molecule has 0 saturated carbocycles. The first kappa shape index (κ1) is 15.7. The molecule has 124 valence electrons. The maximum atomic E-state index is 12.4. The molecule has 1 amide bonds. The first-order chi connectivity index (χ1) is 11.1. The molecule has 2 aromatic heterocycles. The third-order valence-corrected chi connectivity index (χ3v) is 4.02. The molecule has 0 spiro atoms. The molecule has 0 aromatic carbocycles. The molecular formula is C16H22N4O3. The lowest BCUT2D eigenvalue weighted by Crippen LogP contribution is -2.42. The SMILES string of the molecule is CC(C)c1noc(CN2CCC[C@H]2C(=O)NCc2ccco2)n1. The van der Waals surface area contributed by atoms with Crippen LogP contribution in [-0.2, 0) is 17.9 Å². The summed E-state index contributed by atoms with van der Waals surface area (Å²) in [5, 5.41) is 6.90. The van der Waals surface area contributed by atoms with Crippen LogP contribution >= 0.6 is 0 Å². The van der Waals surface area contributed by atoms with E-state index in [4.69, 9.17) is 8.94 Å². The van der Waals surface area contributed by atoms with Gasteiger partial charge in [-0.2, -0.15) is 4.98 Å². The summed E-state index contributed by atoms with van der Waals surface area (Å²) < 4.78 is 10.5. The van der Waals surface area contributed by atoms with Crippen molar-refractivity contribution >= 4 is 5.91 Å². The molecule has 3 rings (SSSR count). The Morgan fingerprint density at radius 1 is 1.52 bits per heavy atom. The summed E-state index contributed by atoms with van der Waals surface area (Å²) in [6, 6.07) is 3.50. The Hall–Kier alpha value is -2.15. The van der Waals surface area contributed by atoms with E-state index < -0.39 is 0 Å². The lowest BCUT2D eigenvalue weighted by molar-refractivity contribution is -0.126. The Labute approximate surface area is 135 Å². The molecule has 1 aliphatic rings. The van der Waals surface area contributed by atoms with E-state index in [1.165, 1.54) is 0 Å².